The van der Waals surface area contributed by atoms with Crippen molar-refractivity contribution in [2.75, 3.05) is 27.8 Å². The summed E-state index contributed by atoms with van der Waals surface area (Å²) < 4.78 is 12.2. The molecule has 2 N–H and O–H groups in total. The Morgan fingerprint density at radius 2 is 1.91 bits per heavy atom. The van der Waals surface area contributed by atoms with Crippen LogP contribution in [-0.4, -0.2) is 76.8 Å². The largest absolute Gasteiger partial charge is 0.493 e. The number of β-amino-alcohol motifs (C(OH)–C–C–N with tert-alkyl or cyclic N) is 1. The molecule has 2 heterocycles. The minimum absolute atomic E-state index is 0.0979. The monoisotopic (exact) mass is 445 g/mol. The van der Waals surface area contributed by atoms with E-state index in [9.17, 15) is 14.7 Å². The summed E-state index contributed by atoms with van der Waals surface area (Å²) >= 11 is 0. The molecule has 1 aromatic heterocycles. The molecule has 2 aromatic rings. The summed E-state index contributed by atoms with van der Waals surface area (Å²) in [5, 5.41) is 21.2. The number of amides is 2. The van der Waals surface area contributed by atoms with Gasteiger partial charge in [0.1, 0.15) is 17.8 Å². The van der Waals surface area contributed by atoms with Gasteiger partial charge in [0.15, 0.2) is 11.5 Å². The molecule has 0 spiro atoms. The number of rotatable bonds is 6. The van der Waals surface area contributed by atoms with Gasteiger partial charge in [-0.25, -0.2) is 4.68 Å². The van der Waals surface area contributed by atoms with Crippen LogP contribution >= 0.6 is 0 Å². The Hall–Kier alpha value is -3.14. The van der Waals surface area contributed by atoms with Gasteiger partial charge in [0.05, 0.1) is 26.5 Å². The van der Waals surface area contributed by atoms with Crippen LogP contribution in [0.2, 0.25) is 0 Å². The van der Waals surface area contributed by atoms with E-state index in [1.165, 1.54) is 16.6 Å². The normalized spacial score (nSPS) is 19.5. The highest BCUT2D eigenvalue weighted by Crippen LogP contribution is 2.36. The van der Waals surface area contributed by atoms with Gasteiger partial charge in [-0.15, -0.1) is 5.10 Å². The van der Waals surface area contributed by atoms with Crippen LogP contribution in [0.3, 0.4) is 0 Å². The second-order valence-electron chi connectivity index (χ2n) is 8.93. The smallest absolute Gasteiger partial charge is 0.248 e. The van der Waals surface area contributed by atoms with Crippen molar-refractivity contribution in [1.82, 2.24) is 25.2 Å². The number of methoxy groups -OCH3 is 2. The molecule has 0 aliphatic carbocycles. The van der Waals surface area contributed by atoms with Crippen molar-refractivity contribution in [1.29, 1.82) is 0 Å². The molecule has 1 fully saturated rings. The molecule has 32 heavy (non-hydrogen) atoms. The molecular weight excluding hydrogens is 414 g/mol. The van der Waals surface area contributed by atoms with Crippen molar-refractivity contribution >= 4 is 11.8 Å². The lowest BCUT2D eigenvalue weighted by Gasteiger charge is -2.34. The number of nitrogens with one attached hydrogen (secondary N) is 1. The molecule has 10 heteroatoms. The van der Waals surface area contributed by atoms with E-state index in [4.69, 9.17) is 9.47 Å². The highest BCUT2D eigenvalue weighted by molar-refractivity contribution is 5.90. The number of hydrogen-bond acceptors (Lipinski definition) is 7. The van der Waals surface area contributed by atoms with Gasteiger partial charge < -0.3 is 24.8 Å². The minimum atomic E-state index is -0.750. The van der Waals surface area contributed by atoms with Gasteiger partial charge in [0, 0.05) is 25.6 Å². The number of aliphatic hydroxyl groups excluding tert-OH is 1. The van der Waals surface area contributed by atoms with Crippen molar-refractivity contribution in [3.8, 4) is 22.8 Å². The van der Waals surface area contributed by atoms with Crippen LogP contribution in [0.5, 0.6) is 11.5 Å². The first-order valence-corrected chi connectivity index (χ1v) is 10.4. The average Bonchev–Trinajstić information content (AvgIpc) is 3.38. The number of ether oxygens (including phenoxy) is 2. The van der Waals surface area contributed by atoms with Gasteiger partial charge in [-0.05, 0) is 23.6 Å². The van der Waals surface area contributed by atoms with Crippen LogP contribution in [0.15, 0.2) is 24.4 Å². The Bertz CT molecular complexity index is 983. The maximum absolute atomic E-state index is 13.6. The number of carbonyl (C=O) groups excluding carboxylic acids is 2. The van der Waals surface area contributed by atoms with Gasteiger partial charge in [-0.1, -0.05) is 26.0 Å². The molecule has 174 valence electrons. The van der Waals surface area contributed by atoms with Gasteiger partial charge in [-0.2, -0.15) is 0 Å². The number of aliphatic hydroxyl groups is 1. The third-order valence-corrected chi connectivity index (χ3v) is 5.62. The van der Waals surface area contributed by atoms with Crippen LogP contribution in [-0.2, 0) is 9.59 Å². The predicted octanol–water partition coefficient (Wildman–Crippen LogP) is 1.26. The zero-order chi connectivity index (χ0) is 23.6. The number of likely N-dealkylation sites (tertiary alicyclic amines) is 1. The van der Waals surface area contributed by atoms with E-state index in [1.54, 1.807) is 32.5 Å². The Balaban J connectivity index is 1.96. The number of hydrogen-bond donors (Lipinski definition) is 2. The van der Waals surface area contributed by atoms with E-state index in [-0.39, 0.29) is 24.8 Å². The van der Waals surface area contributed by atoms with E-state index in [0.29, 0.717) is 17.2 Å². The quantitative estimate of drug-likeness (QED) is 0.687. The summed E-state index contributed by atoms with van der Waals surface area (Å²) in [7, 11) is 4.64. The molecule has 1 aliphatic heterocycles. The molecule has 3 atom stereocenters. The predicted molar refractivity (Wildman–Crippen MR) is 117 cm³/mol. The fourth-order valence-corrected chi connectivity index (χ4v) is 4.04. The maximum atomic E-state index is 13.6. The molecule has 1 saturated heterocycles. The first-order valence-electron chi connectivity index (χ1n) is 10.4. The van der Waals surface area contributed by atoms with Crippen molar-refractivity contribution in [3.05, 3.63) is 24.4 Å². The number of carbonyl (C=O) groups is 2. The van der Waals surface area contributed by atoms with Crippen LogP contribution in [0.4, 0.5) is 0 Å². The van der Waals surface area contributed by atoms with Crippen molar-refractivity contribution in [2.24, 2.45) is 5.41 Å². The summed E-state index contributed by atoms with van der Waals surface area (Å²) in [5.41, 5.74) is 0.798. The zero-order valence-corrected chi connectivity index (χ0v) is 19.3. The van der Waals surface area contributed by atoms with Crippen LogP contribution in [0.25, 0.3) is 11.3 Å². The highest BCUT2D eigenvalue weighted by Gasteiger charge is 2.45. The molecular formula is C22H31N5O5. The first-order chi connectivity index (χ1) is 15.1. The lowest BCUT2D eigenvalue weighted by atomic mass is 9.85. The summed E-state index contributed by atoms with van der Waals surface area (Å²) in [4.78, 5) is 27.4. The third kappa shape index (κ3) is 4.55. The van der Waals surface area contributed by atoms with E-state index in [0.717, 1.165) is 5.56 Å². The summed E-state index contributed by atoms with van der Waals surface area (Å²) in [6, 6.07) is 3.96. The van der Waals surface area contributed by atoms with Crippen LogP contribution in [0.1, 0.15) is 33.2 Å². The standard InChI is InChI=1S/C22H31N5O5/c1-22(2,3)19(21(30)26-11-14(28)10-16(26)20(29)23-4)27-12-15(24-25-27)13-7-8-17(31-5)18(9-13)32-6/h7-9,12,14,16,19,28H,10-11H2,1-6H3,(H,23,29)/t14?,16?,19-/m1/s1. The van der Waals surface area contributed by atoms with Crippen molar-refractivity contribution < 1.29 is 24.2 Å². The Morgan fingerprint density at radius 1 is 1.22 bits per heavy atom. The maximum Gasteiger partial charge on any atom is 0.248 e. The van der Waals surface area contributed by atoms with Crippen molar-refractivity contribution in [2.45, 2.75) is 45.4 Å². The molecule has 2 amide bonds. The van der Waals surface area contributed by atoms with E-state index >= 15 is 0 Å². The van der Waals surface area contributed by atoms with Crippen LogP contribution in [0, 0.1) is 5.41 Å². The zero-order valence-electron chi connectivity index (χ0n) is 19.3. The number of benzene rings is 1. The average molecular weight is 446 g/mol. The second-order valence-corrected chi connectivity index (χ2v) is 8.93. The highest BCUT2D eigenvalue weighted by atomic mass is 16.5. The topological polar surface area (TPSA) is 119 Å². The molecule has 3 rings (SSSR count). The fraction of sp³-hybridized carbons (Fsp3) is 0.545. The van der Waals surface area contributed by atoms with Gasteiger partial charge in [-0.3, -0.25) is 9.59 Å². The third-order valence-electron chi connectivity index (χ3n) is 5.62. The van der Waals surface area contributed by atoms with Crippen LogP contribution < -0.4 is 14.8 Å². The number of likely N-dealkylation sites (N-methyl/N-ethyl adjacent to an activating group) is 1. The second kappa shape index (κ2) is 9.15. The molecule has 1 aromatic carbocycles. The minimum Gasteiger partial charge on any atom is -0.493 e. The first kappa shape index (κ1) is 23.5. The van der Waals surface area contributed by atoms with E-state index in [1.807, 2.05) is 26.8 Å². The molecule has 0 radical (unpaired) electrons. The summed E-state index contributed by atoms with van der Waals surface area (Å²) in [6.45, 7) is 5.87. The molecule has 1 aliphatic rings. The lowest BCUT2D eigenvalue weighted by Crippen LogP contribution is -2.49. The molecule has 0 bridgehead atoms. The van der Waals surface area contributed by atoms with E-state index < -0.39 is 23.6 Å². The Morgan fingerprint density at radius 3 is 2.50 bits per heavy atom. The molecule has 0 saturated carbocycles. The Labute approximate surface area is 187 Å². The van der Waals surface area contributed by atoms with Gasteiger partial charge in [0.25, 0.3) is 0 Å². The lowest BCUT2D eigenvalue weighted by molar-refractivity contribution is -0.144. The molecule has 2 unspecified atom stereocenters. The van der Waals surface area contributed by atoms with Gasteiger partial charge >= 0.3 is 0 Å². The SMILES string of the molecule is CNC(=O)C1CC(O)CN1C(=O)[C@@H](n1cc(-c2ccc(OC)c(OC)c2)nn1)C(C)(C)C. The number of aromatic nitrogens is 3. The number of nitrogens with zero attached hydrogens (tertiary/aromatic N) is 4. The Kier molecular flexibility index (Phi) is 6.73. The van der Waals surface area contributed by atoms with E-state index in [2.05, 4.69) is 15.6 Å². The summed E-state index contributed by atoms with van der Waals surface area (Å²) in [5.74, 6) is 0.570. The molecule has 10 nitrogen and oxygen atoms in total. The van der Waals surface area contributed by atoms with Gasteiger partial charge in [0.2, 0.25) is 11.8 Å². The fourth-order valence-electron chi connectivity index (χ4n) is 4.04. The summed E-state index contributed by atoms with van der Waals surface area (Å²) in [6.07, 6.45) is 1.16. The van der Waals surface area contributed by atoms with Crippen molar-refractivity contribution in [3.63, 3.8) is 0 Å².